The predicted molar refractivity (Wildman–Crippen MR) is 68.3 cm³/mol. The third-order valence-corrected chi connectivity index (χ3v) is 4.03. The highest BCUT2D eigenvalue weighted by Gasteiger charge is 2.42. The molecule has 3 N–H and O–H groups in total. The van der Waals surface area contributed by atoms with Crippen LogP contribution >= 0.6 is 0 Å². The summed E-state index contributed by atoms with van der Waals surface area (Å²) in [6.07, 6.45) is 3.83. The SMILES string of the molecule is CNC(c1cccc(C)c1)C1(CN)CCC1. The minimum absolute atomic E-state index is 0.294. The van der Waals surface area contributed by atoms with Crippen LogP contribution in [0.4, 0.5) is 0 Å². The Morgan fingerprint density at radius 3 is 2.62 bits per heavy atom. The molecule has 1 aliphatic carbocycles. The number of hydrogen-bond acceptors (Lipinski definition) is 2. The van der Waals surface area contributed by atoms with Crippen LogP contribution in [0.3, 0.4) is 0 Å². The van der Waals surface area contributed by atoms with Crippen molar-refractivity contribution in [1.82, 2.24) is 5.32 Å². The fraction of sp³-hybridized carbons (Fsp3) is 0.571. The van der Waals surface area contributed by atoms with Crippen molar-refractivity contribution in [3.63, 3.8) is 0 Å². The third kappa shape index (κ3) is 1.87. The van der Waals surface area contributed by atoms with Crippen LogP contribution in [0.2, 0.25) is 0 Å². The van der Waals surface area contributed by atoms with Crippen LogP contribution in [0, 0.1) is 12.3 Å². The van der Waals surface area contributed by atoms with Gasteiger partial charge in [-0.2, -0.15) is 0 Å². The molecule has 0 saturated heterocycles. The number of nitrogens with one attached hydrogen (secondary N) is 1. The van der Waals surface area contributed by atoms with Crippen molar-refractivity contribution in [2.24, 2.45) is 11.1 Å². The van der Waals surface area contributed by atoms with Crippen molar-refractivity contribution in [2.45, 2.75) is 32.2 Å². The summed E-state index contributed by atoms with van der Waals surface area (Å²) in [6.45, 7) is 2.93. The molecule has 0 aliphatic heterocycles. The first-order valence-corrected chi connectivity index (χ1v) is 6.16. The average Bonchev–Trinajstić information content (AvgIpc) is 2.23. The Kier molecular flexibility index (Phi) is 3.31. The van der Waals surface area contributed by atoms with Gasteiger partial charge in [-0.05, 0) is 38.9 Å². The molecular weight excluding hydrogens is 196 g/mol. The van der Waals surface area contributed by atoms with Crippen LogP contribution in [-0.4, -0.2) is 13.6 Å². The Morgan fingerprint density at radius 2 is 2.19 bits per heavy atom. The van der Waals surface area contributed by atoms with Crippen molar-refractivity contribution in [1.29, 1.82) is 0 Å². The van der Waals surface area contributed by atoms with Crippen molar-refractivity contribution in [3.8, 4) is 0 Å². The summed E-state index contributed by atoms with van der Waals surface area (Å²) in [4.78, 5) is 0. The molecule has 2 nitrogen and oxygen atoms in total. The Labute approximate surface area is 98.2 Å². The van der Waals surface area contributed by atoms with Gasteiger partial charge in [0.05, 0.1) is 0 Å². The van der Waals surface area contributed by atoms with Crippen LogP contribution in [0.15, 0.2) is 24.3 Å². The maximum atomic E-state index is 5.98. The summed E-state index contributed by atoms with van der Waals surface area (Å²) >= 11 is 0. The second-order valence-corrected chi connectivity index (χ2v) is 5.06. The molecule has 0 aromatic heterocycles. The normalized spacial score (nSPS) is 20.2. The Hall–Kier alpha value is -0.860. The lowest BCUT2D eigenvalue weighted by atomic mass is 9.62. The molecule has 0 radical (unpaired) electrons. The summed E-state index contributed by atoms with van der Waals surface area (Å²) in [5.41, 5.74) is 8.98. The molecule has 1 saturated carbocycles. The molecular formula is C14H22N2. The molecule has 0 spiro atoms. The maximum absolute atomic E-state index is 5.98. The monoisotopic (exact) mass is 218 g/mol. The highest BCUT2D eigenvalue weighted by molar-refractivity contribution is 5.27. The van der Waals surface area contributed by atoms with Gasteiger partial charge in [0.2, 0.25) is 0 Å². The molecule has 1 unspecified atom stereocenters. The number of rotatable bonds is 4. The van der Waals surface area contributed by atoms with Gasteiger partial charge in [0, 0.05) is 11.5 Å². The van der Waals surface area contributed by atoms with Crippen molar-refractivity contribution in [3.05, 3.63) is 35.4 Å². The molecule has 16 heavy (non-hydrogen) atoms. The van der Waals surface area contributed by atoms with Gasteiger partial charge >= 0.3 is 0 Å². The van der Waals surface area contributed by atoms with Crippen molar-refractivity contribution >= 4 is 0 Å². The van der Waals surface area contributed by atoms with Crippen LogP contribution in [0.1, 0.15) is 36.4 Å². The van der Waals surface area contributed by atoms with E-state index >= 15 is 0 Å². The van der Waals surface area contributed by atoms with Gasteiger partial charge < -0.3 is 11.1 Å². The molecule has 1 atom stereocenters. The highest BCUT2D eigenvalue weighted by Crippen LogP contribution is 2.49. The Bertz CT molecular complexity index is 350. The Morgan fingerprint density at radius 1 is 1.44 bits per heavy atom. The zero-order chi connectivity index (χ0) is 11.6. The number of aryl methyl sites for hydroxylation is 1. The zero-order valence-electron chi connectivity index (χ0n) is 10.3. The van der Waals surface area contributed by atoms with E-state index < -0.39 is 0 Å². The number of hydrogen-bond donors (Lipinski definition) is 2. The van der Waals surface area contributed by atoms with Gasteiger partial charge in [0.1, 0.15) is 0 Å². The van der Waals surface area contributed by atoms with Crippen LogP contribution < -0.4 is 11.1 Å². The quantitative estimate of drug-likeness (QED) is 0.814. The summed E-state index contributed by atoms with van der Waals surface area (Å²) in [5.74, 6) is 0. The first kappa shape index (κ1) is 11.6. The molecule has 1 aliphatic rings. The van der Waals surface area contributed by atoms with E-state index in [0.717, 1.165) is 6.54 Å². The van der Waals surface area contributed by atoms with Gasteiger partial charge in [-0.1, -0.05) is 36.2 Å². The smallest absolute Gasteiger partial charge is 0.0386 e. The Balaban J connectivity index is 2.28. The molecule has 0 bridgehead atoms. The van der Waals surface area contributed by atoms with Gasteiger partial charge in [0.15, 0.2) is 0 Å². The zero-order valence-corrected chi connectivity index (χ0v) is 10.3. The minimum atomic E-state index is 0.294. The summed E-state index contributed by atoms with van der Waals surface area (Å²) < 4.78 is 0. The second kappa shape index (κ2) is 4.56. The number of nitrogens with two attached hydrogens (primary N) is 1. The average molecular weight is 218 g/mol. The molecule has 0 heterocycles. The first-order chi connectivity index (χ1) is 7.72. The fourth-order valence-corrected chi connectivity index (χ4v) is 2.92. The molecule has 2 rings (SSSR count). The minimum Gasteiger partial charge on any atom is -0.330 e. The predicted octanol–water partition coefficient (Wildman–Crippen LogP) is 2.38. The van der Waals surface area contributed by atoms with E-state index in [-0.39, 0.29) is 0 Å². The topological polar surface area (TPSA) is 38.0 Å². The molecule has 1 aromatic carbocycles. The van der Waals surface area contributed by atoms with E-state index in [1.807, 2.05) is 7.05 Å². The van der Waals surface area contributed by atoms with Gasteiger partial charge in [0.25, 0.3) is 0 Å². The molecule has 1 aromatic rings. The maximum Gasteiger partial charge on any atom is 0.0386 e. The van der Waals surface area contributed by atoms with Crippen LogP contribution in [0.25, 0.3) is 0 Å². The largest absolute Gasteiger partial charge is 0.330 e. The number of benzene rings is 1. The van der Waals surface area contributed by atoms with E-state index in [2.05, 4.69) is 36.5 Å². The molecule has 1 fully saturated rings. The van der Waals surface area contributed by atoms with E-state index in [1.54, 1.807) is 0 Å². The summed E-state index contributed by atoms with van der Waals surface area (Å²) in [6, 6.07) is 9.18. The van der Waals surface area contributed by atoms with E-state index in [9.17, 15) is 0 Å². The lowest BCUT2D eigenvalue weighted by Crippen LogP contribution is -2.47. The molecule has 88 valence electrons. The van der Waals surface area contributed by atoms with E-state index in [0.29, 0.717) is 11.5 Å². The van der Waals surface area contributed by atoms with Crippen LogP contribution in [-0.2, 0) is 0 Å². The summed E-state index contributed by atoms with van der Waals surface area (Å²) in [7, 11) is 2.04. The van der Waals surface area contributed by atoms with E-state index in [4.69, 9.17) is 5.73 Å². The highest BCUT2D eigenvalue weighted by atomic mass is 14.9. The lowest BCUT2D eigenvalue weighted by Gasteiger charge is -2.47. The van der Waals surface area contributed by atoms with Crippen LogP contribution in [0.5, 0.6) is 0 Å². The standard InChI is InChI=1S/C14H22N2/c1-11-5-3-6-12(9-11)13(16-2)14(10-15)7-4-8-14/h3,5-6,9,13,16H,4,7-8,10,15H2,1-2H3. The van der Waals surface area contributed by atoms with Crippen molar-refractivity contribution < 1.29 is 0 Å². The summed E-state index contributed by atoms with van der Waals surface area (Å²) in [5, 5.41) is 3.46. The van der Waals surface area contributed by atoms with Gasteiger partial charge in [-0.15, -0.1) is 0 Å². The van der Waals surface area contributed by atoms with E-state index in [1.165, 1.54) is 30.4 Å². The third-order valence-electron chi connectivity index (χ3n) is 4.03. The molecule has 0 amide bonds. The second-order valence-electron chi connectivity index (χ2n) is 5.06. The van der Waals surface area contributed by atoms with Gasteiger partial charge in [-0.3, -0.25) is 0 Å². The van der Waals surface area contributed by atoms with Gasteiger partial charge in [-0.25, -0.2) is 0 Å². The fourth-order valence-electron chi connectivity index (χ4n) is 2.92. The first-order valence-electron chi connectivity index (χ1n) is 6.16. The molecule has 2 heteroatoms. The van der Waals surface area contributed by atoms with Crippen molar-refractivity contribution in [2.75, 3.05) is 13.6 Å². The lowest BCUT2D eigenvalue weighted by molar-refractivity contribution is 0.0879.